The molecule has 0 aromatic heterocycles. The average molecular weight is 268 g/mol. The van der Waals surface area contributed by atoms with Gasteiger partial charge in [-0.2, -0.15) is 0 Å². The number of primary amides is 1. The Morgan fingerprint density at radius 3 is 3.06 bits per heavy atom. The first kappa shape index (κ1) is 13.2. The lowest BCUT2D eigenvalue weighted by Crippen LogP contribution is -2.33. The molecule has 5 heteroatoms. The van der Waals surface area contributed by atoms with Gasteiger partial charge in [0.05, 0.1) is 10.7 Å². The van der Waals surface area contributed by atoms with Crippen LogP contribution < -0.4 is 16.4 Å². The van der Waals surface area contributed by atoms with Crippen LogP contribution in [0, 0.1) is 5.92 Å². The molecule has 1 heterocycles. The molecule has 1 aliphatic heterocycles. The van der Waals surface area contributed by atoms with E-state index in [1.807, 2.05) is 0 Å². The van der Waals surface area contributed by atoms with E-state index in [2.05, 4.69) is 10.6 Å². The lowest BCUT2D eigenvalue weighted by atomic mass is 9.99. The minimum absolute atomic E-state index is 0.436. The molecule has 0 saturated carbocycles. The maximum absolute atomic E-state index is 11.1. The van der Waals surface area contributed by atoms with E-state index in [1.165, 1.54) is 12.8 Å². The molecule has 1 amide bonds. The Bertz CT molecular complexity index is 430. The molecule has 0 radical (unpaired) electrons. The second kappa shape index (κ2) is 6.07. The molecule has 98 valence electrons. The SMILES string of the molecule is NC(=O)c1ccc(Cl)c(NCC2CCCNC2)c1. The van der Waals surface area contributed by atoms with Gasteiger partial charge in [0.2, 0.25) is 5.91 Å². The molecule has 1 aliphatic rings. The Labute approximate surface area is 112 Å². The number of rotatable bonds is 4. The third-order valence-electron chi connectivity index (χ3n) is 3.23. The highest BCUT2D eigenvalue weighted by molar-refractivity contribution is 6.33. The van der Waals surface area contributed by atoms with Gasteiger partial charge in [0, 0.05) is 12.1 Å². The van der Waals surface area contributed by atoms with Crippen molar-refractivity contribution in [3.63, 3.8) is 0 Å². The predicted molar refractivity (Wildman–Crippen MR) is 74.1 cm³/mol. The highest BCUT2D eigenvalue weighted by Gasteiger charge is 2.13. The van der Waals surface area contributed by atoms with Crippen molar-refractivity contribution in [3.05, 3.63) is 28.8 Å². The summed E-state index contributed by atoms with van der Waals surface area (Å²) in [6.07, 6.45) is 2.43. The van der Waals surface area contributed by atoms with Crippen molar-refractivity contribution in [3.8, 4) is 0 Å². The van der Waals surface area contributed by atoms with Gasteiger partial charge in [0.25, 0.3) is 0 Å². The summed E-state index contributed by atoms with van der Waals surface area (Å²) in [5.74, 6) is 0.168. The van der Waals surface area contributed by atoms with Gasteiger partial charge in [0.15, 0.2) is 0 Å². The van der Waals surface area contributed by atoms with Crippen molar-refractivity contribution in [2.75, 3.05) is 25.0 Å². The number of carbonyl (C=O) groups excluding carboxylic acids is 1. The molecule has 1 saturated heterocycles. The summed E-state index contributed by atoms with van der Waals surface area (Å²) in [5, 5.41) is 7.28. The van der Waals surface area contributed by atoms with E-state index in [9.17, 15) is 4.79 Å². The molecule has 1 aromatic carbocycles. The molecule has 0 spiro atoms. The second-order valence-electron chi connectivity index (χ2n) is 4.65. The van der Waals surface area contributed by atoms with Crippen molar-refractivity contribution >= 4 is 23.2 Å². The first-order valence-corrected chi connectivity index (χ1v) is 6.58. The summed E-state index contributed by atoms with van der Waals surface area (Å²) in [6.45, 7) is 2.99. The molecule has 2 rings (SSSR count). The van der Waals surface area contributed by atoms with Gasteiger partial charge in [-0.05, 0) is 50.0 Å². The lowest BCUT2D eigenvalue weighted by molar-refractivity contribution is 0.100. The van der Waals surface area contributed by atoms with Gasteiger partial charge >= 0.3 is 0 Å². The second-order valence-corrected chi connectivity index (χ2v) is 5.06. The highest BCUT2D eigenvalue weighted by atomic mass is 35.5. The van der Waals surface area contributed by atoms with Gasteiger partial charge in [-0.1, -0.05) is 11.6 Å². The fourth-order valence-corrected chi connectivity index (χ4v) is 2.35. The van der Waals surface area contributed by atoms with E-state index in [4.69, 9.17) is 17.3 Å². The molecular weight excluding hydrogens is 250 g/mol. The Hall–Kier alpha value is -1.26. The molecule has 1 atom stereocenters. The summed E-state index contributed by atoms with van der Waals surface area (Å²) < 4.78 is 0. The molecule has 18 heavy (non-hydrogen) atoms. The van der Waals surface area contributed by atoms with Crippen molar-refractivity contribution < 1.29 is 4.79 Å². The van der Waals surface area contributed by atoms with Crippen LogP contribution >= 0.6 is 11.6 Å². The Morgan fingerprint density at radius 2 is 2.39 bits per heavy atom. The number of nitrogens with two attached hydrogens (primary N) is 1. The molecule has 1 unspecified atom stereocenters. The Balaban J connectivity index is 1.99. The molecule has 0 aliphatic carbocycles. The molecule has 1 fully saturated rings. The van der Waals surface area contributed by atoms with Gasteiger partial charge in [-0.15, -0.1) is 0 Å². The van der Waals surface area contributed by atoms with Crippen LogP contribution in [0.25, 0.3) is 0 Å². The first-order chi connectivity index (χ1) is 8.66. The number of carbonyl (C=O) groups is 1. The number of anilines is 1. The van der Waals surface area contributed by atoms with E-state index >= 15 is 0 Å². The van der Waals surface area contributed by atoms with Crippen LogP contribution in [0.1, 0.15) is 23.2 Å². The molecule has 4 N–H and O–H groups in total. The average Bonchev–Trinajstić information content (AvgIpc) is 2.38. The third kappa shape index (κ3) is 3.37. The summed E-state index contributed by atoms with van der Waals surface area (Å²) >= 11 is 6.09. The molecule has 0 bridgehead atoms. The highest BCUT2D eigenvalue weighted by Crippen LogP contribution is 2.23. The van der Waals surface area contributed by atoms with E-state index in [0.29, 0.717) is 16.5 Å². The van der Waals surface area contributed by atoms with Crippen LogP contribution in [0.5, 0.6) is 0 Å². The van der Waals surface area contributed by atoms with E-state index in [0.717, 1.165) is 25.3 Å². The minimum atomic E-state index is -0.436. The number of amides is 1. The Morgan fingerprint density at radius 1 is 1.56 bits per heavy atom. The quantitative estimate of drug-likeness (QED) is 0.780. The van der Waals surface area contributed by atoms with E-state index in [1.54, 1.807) is 18.2 Å². The maximum atomic E-state index is 11.1. The monoisotopic (exact) mass is 267 g/mol. The first-order valence-electron chi connectivity index (χ1n) is 6.21. The third-order valence-corrected chi connectivity index (χ3v) is 3.56. The van der Waals surface area contributed by atoms with Gasteiger partial charge in [-0.25, -0.2) is 0 Å². The summed E-state index contributed by atoms with van der Waals surface area (Å²) in [6, 6.07) is 5.04. The number of piperidine rings is 1. The maximum Gasteiger partial charge on any atom is 0.248 e. The number of halogens is 1. The van der Waals surface area contributed by atoms with Crippen molar-refractivity contribution in [2.24, 2.45) is 11.7 Å². The summed E-state index contributed by atoms with van der Waals surface area (Å²) in [4.78, 5) is 11.1. The van der Waals surface area contributed by atoms with Crippen LogP contribution in [0.2, 0.25) is 5.02 Å². The number of hydrogen-bond donors (Lipinski definition) is 3. The summed E-state index contributed by atoms with van der Waals surface area (Å²) in [5.41, 5.74) is 6.50. The number of nitrogens with one attached hydrogen (secondary N) is 2. The standard InChI is InChI=1S/C13H18ClN3O/c14-11-4-3-10(13(15)18)6-12(11)17-8-9-2-1-5-16-7-9/h3-4,6,9,16-17H,1-2,5,7-8H2,(H2,15,18). The minimum Gasteiger partial charge on any atom is -0.383 e. The van der Waals surface area contributed by atoms with Crippen molar-refractivity contribution in [2.45, 2.75) is 12.8 Å². The zero-order chi connectivity index (χ0) is 13.0. The van der Waals surface area contributed by atoms with Crippen LogP contribution in [0.15, 0.2) is 18.2 Å². The van der Waals surface area contributed by atoms with Crippen LogP contribution in [-0.2, 0) is 0 Å². The topological polar surface area (TPSA) is 67.2 Å². The van der Waals surface area contributed by atoms with Crippen molar-refractivity contribution in [1.82, 2.24) is 5.32 Å². The molecule has 4 nitrogen and oxygen atoms in total. The zero-order valence-electron chi connectivity index (χ0n) is 10.2. The van der Waals surface area contributed by atoms with E-state index < -0.39 is 5.91 Å². The Kier molecular flexibility index (Phi) is 4.44. The van der Waals surface area contributed by atoms with Crippen LogP contribution in [0.3, 0.4) is 0 Å². The number of hydrogen-bond acceptors (Lipinski definition) is 3. The normalized spacial score (nSPS) is 19.5. The van der Waals surface area contributed by atoms with Gasteiger partial charge in [0.1, 0.15) is 0 Å². The summed E-state index contributed by atoms with van der Waals surface area (Å²) in [7, 11) is 0. The smallest absolute Gasteiger partial charge is 0.248 e. The molecular formula is C13H18ClN3O. The largest absolute Gasteiger partial charge is 0.383 e. The fourth-order valence-electron chi connectivity index (χ4n) is 2.17. The number of benzene rings is 1. The van der Waals surface area contributed by atoms with Gasteiger partial charge < -0.3 is 16.4 Å². The zero-order valence-corrected chi connectivity index (χ0v) is 11.0. The van der Waals surface area contributed by atoms with E-state index in [-0.39, 0.29) is 0 Å². The lowest BCUT2D eigenvalue weighted by Gasteiger charge is -2.23. The fraction of sp³-hybridized carbons (Fsp3) is 0.462. The van der Waals surface area contributed by atoms with Gasteiger partial charge in [-0.3, -0.25) is 4.79 Å². The van der Waals surface area contributed by atoms with Crippen molar-refractivity contribution in [1.29, 1.82) is 0 Å². The van der Waals surface area contributed by atoms with Crippen LogP contribution in [-0.4, -0.2) is 25.5 Å². The van der Waals surface area contributed by atoms with Crippen LogP contribution in [0.4, 0.5) is 5.69 Å². The predicted octanol–water partition coefficient (Wildman–Crippen LogP) is 1.85. The molecule has 1 aromatic rings.